The summed E-state index contributed by atoms with van der Waals surface area (Å²) in [6.45, 7) is 6.22. The number of hydrogen-bond donors (Lipinski definition) is 1. The van der Waals surface area contributed by atoms with Crippen molar-refractivity contribution in [3.05, 3.63) is 59.4 Å². The lowest BCUT2D eigenvalue weighted by Gasteiger charge is -2.10. The van der Waals surface area contributed by atoms with E-state index >= 15 is 0 Å². The third kappa shape index (κ3) is 3.97. The van der Waals surface area contributed by atoms with E-state index in [9.17, 15) is 4.79 Å². The van der Waals surface area contributed by atoms with Crippen LogP contribution in [-0.2, 0) is 6.42 Å². The summed E-state index contributed by atoms with van der Waals surface area (Å²) in [5, 5.41) is 15.4. The van der Waals surface area contributed by atoms with Gasteiger partial charge < -0.3 is 10.1 Å². The number of amides is 1. The topological polar surface area (TPSA) is 81.9 Å². The first-order chi connectivity index (χ1) is 13.0. The Labute approximate surface area is 158 Å². The third-order valence-corrected chi connectivity index (χ3v) is 4.31. The van der Waals surface area contributed by atoms with E-state index in [1.165, 1.54) is 12.7 Å². The van der Waals surface area contributed by atoms with Crippen molar-refractivity contribution in [1.82, 2.24) is 20.0 Å². The largest absolute Gasteiger partial charge is 0.480 e. The lowest BCUT2D eigenvalue weighted by atomic mass is 10.0. The molecule has 0 bridgehead atoms. The number of benzene rings is 1. The molecule has 1 N–H and O–H groups in total. The van der Waals surface area contributed by atoms with Gasteiger partial charge in [0.05, 0.1) is 24.6 Å². The SMILES string of the molecule is CCc1c(C(=O)Nc2cccc(C(C)C)c2)cnn1-c1ccc(OC)nn1. The predicted octanol–water partition coefficient (Wildman–Crippen LogP) is 3.61. The summed E-state index contributed by atoms with van der Waals surface area (Å²) in [6, 6.07) is 11.3. The van der Waals surface area contributed by atoms with Gasteiger partial charge in [-0.2, -0.15) is 5.10 Å². The first-order valence-electron chi connectivity index (χ1n) is 8.89. The zero-order valence-electron chi connectivity index (χ0n) is 15.9. The number of anilines is 1. The standard InChI is InChI=1S/C20H23N5O2/c1-5-17-16(12-21-25(17)18-9-10-19(27-4)24-23-18)20(26)22-15-8-6-7-14(11-15)13(2)3/h6-13H,5H2,1-4H3,(H,22,26). The molecule has 1 aromatic carbocycles. The number of hydrogen-bond acceptors (Lipinski definition) is 5. The molecule has 0 aliphatic carbocycles. The van der Waals surface area contributed by atoms with Crippen molar-refractivity contribution in [3.8, 4) is 11.7 Å². The highest BCUT2D eigenvalue weighted by Crippen LogP contribution is 2.21. The Morgan fingerprint density at radius 3 is 2.67 bits per heavy atom. The number of methoxy groups -OCH3 is 1. The van der Waals surface area contributed by atoms with Gasteiger partial charge in [-0.25, -0.2) is 4.68 Å². The Bertz CT molecular complexity index is 932. The Morgan fingerprint density at radius 1 is 1.22 bits per heavy atom. The normalized spacial score (nSPS) is 10.9. The maximum Gasteiger partial charge on any atom is 0.259 e. The minimum atomic E-state index is -0.194. The van der Waals surface area contributed by atoms with Crippen LogP contribution in [0.5, 0.6) is 5.88 Å². The molecular formula is C20H23N5O2. The lowest BCUT2D eigenvalue weighted by Crippen LogP contribution is -2.15. The van der Waals surface area contributed by atoms with Crippen LogP contribution in [-0.4, -0.2) is 33.0 Å². The molecule has 0 atom stereocenters. The second-order valence-corrected chi connectivity index (χ2v) is 6.44. The first-order valence-corrected chi connectivity index (χ1v) is 8.89. The minimum Gasteiger partial charge on any atom is -0.480 e. The highest BCUT2D eigenvalue weighted by molar-refractivity contribution is 6.05. The molecule has 0 aliphatic rings. The van der Waals surface area contributed by atoms with Gasteiger partial charge in [0.1, 0.15) is 0 Å². The van der Waals surface area contributed by atoms with Crippen LogP contribution in [0.4, 0.5) is 5.69 Å². The van der Waals surface area contributed by atoms with E-state index in [0.717, 1.165) is 11.4 Å². The van der Waals surface area contributed by atoms with Gasteiger partial charge in [-0.1, -0.05) is 32.9 Å². The molecular weight excluding hydrogens is 342 g/mol. The van der Waals surface area contributed by atoms with Crippen molar-refractivity contribution in [1.29, 1.82) is 0 Å². The minimum absolute atomic E-state index is 0.194. The number of ether oxygens (including phenoxy) is 1. The number of nitrogens with one attached hydrogen (secondary N) is 1. The average Bonchev–Trinajstić information content (AvgIpc) is 3.12. The zero-order chi connectivity index (χ0) is 19.4. The Morgan fingerprint density at radius 2 is 2.04 bits per heavy atom. The van der Waals surface area contributed by atoms with E-state index in [2.05, 4.69) is 40.5 Å². The van der Waals surface area contributed by atoms with Crippen molar-refractivity contribution in [2.24, 2.45) is 0 Å². The number of nitrogens with zero attached hydrogens (tertiary/aromatic N) is 4. The van der Waals surface area contributed by atoms with E-state index in [-0.39, 0.29) is 5.91 Å². The molecule has 7 nitrogen and oxygen atoms in total. The fraction of sp³-hybridized carbons (Fsp3) is 0.300. The van der Waals surface area contributed by atoms with Gasteiger partial charge in [-0.3, -0.25) is 4.79 Å². The molecule has 2 aromatic heterocycles. The van der Waals surface area contributed by atoms with Crippen molar-refractivity contribution >= 4 is 11.6 Å². The van der Waals surface area contributed by atoms with Gasteiger partial charge in [0.15, 0.2) is 5.82 Å². The molecule has 0 saturated carbocycles. The third-order valence-electron chi connectivity index (χ3n) is 4.31. The van der Waals surface area contributed by atoms with E-state index in [1.54, 1.807) is 23.0 Å². The maximum atomic E-state index is 12.8. The molecule has 3 aromatic rings. The number of rotatable bonds is 6. The Balaban J connectivity index is 1.87. The summed E-state index contributed by atoms with van der Waals surface area (Å²) in [7, 11) is 1.53. The van der Waals surface area contributed by atoms with E-state index in [4.69, 9.17) is 4.74 Å². The summed E-state index contributed by atoms with van der Waals surface area (Å²) in [5.41, 5.74) is 3.23. The predicted molar refractivity (Wildman–Crippen MR) is 104 cm³/mol. The van der Waals surface area contributed by atoms with E-state index in [1.807, 2.05) is 25.1 Å². The molecule has 0 aliphatic heterocycles. The molecule has 1 amide bonds. The zero-order valence-corrected chi connectivity index (χ0v) is 15.9. The molecule has 7 heteroatoms. The van der Waals surface area contributed by atoms with Gasteiger partial charge in [0.2, 0.25) is 5.88 Å². The van der Waals surface area contributed by atoms with Gasteiger partial charge in [0.25, 0.3) is 5.91 Å². The quantitative estimate of drug-likeness (QED) is 0.722. The Hall–Kier alpha value is -3.22. The van der Waals surface area contributed by atoms with E-state index in [0.29, 0.717) is 29.6 Å². The molecule has 0 saturated heterocycles. The van der Waals surface area contributed by atoms with Crippen LogP contribution in [0.2, 0.25) is 0 Å². The van der Waals surface area contributed by atoms with Crippen LogP contribution >= 0.6 is 0 Å². The van der Waals surface area contributed by atoms with Gasteiger partial charge >= 0.3 is 0 Å². The summed E-state index contributed by atoms with van der Waals surface area (Å²) >= 11 is 0. The number of aromatic nitrogens is 4. The molecule has 0 spiro atoms. The summed E-state index contributed by atoms with van der Waals surface area (Å²) < 4.78 is 6.66. The molecule has 0 radical (unpaired) electrons. The van der Waals surface area contributed by atoms with Crippen molar-refractivity contribution in [2.75, 3.05) is 12.4 Å². The first kappa shape index (κ1) is 18.6. The van der Waals surface area contributed by atoms with Crippen LogP contribution in [0.25, 0.3) is 5.82 Å². The van der Waals surface area contributed by atoms with Crippen LogP contribution < -0.4 is 10.1 Å². The number of carbonyl (C=O) groups excluding carboxylic acids is 1. The molecule has 27 heavy (non-hydrogen) atoms. The van der Waals surface area contributed by atoms with Crippen molar-refractivity contribution < 1.29 is 9.53 Å². The van der Waals surface area contributed by atoms with Crippen LogP contribution in [0, 0.1) is 0 Å². The second-order valence-electron chi connectivity index (χ2n) is 6.44. The fourth-order valence-corrected chi connectivity index (χ4v) is 2.81. The summed E-state index contributed by atoms with van der Waals surface area (Å²) in [6.07, 6.45) is 2.19. The van der Waals surface area contributed by atoms with Crippen LogP contribution in [0.15, 0.2) is 42.6 Å². The van der Waals surface area contributed by atoms with Gasteiger partial charge in [0, 0.05) is 11.8 Å². The molecule has 3 rings (SSSR count). The maximum absolute atomic E-state index is 12.8. The molecule has 0 fully saturated rings. The second kappa shape index (κ2) is 7.99. The van der Waals surface area contributed by atoms with Gasteiger partial charge in [-0.05, 0) is 36.1 Å². The van der Waals surface area contributed by atoms with E-state index < -0.39 is 0 Å². The van der Waals surface area contributed by atoms with Crippen LogP contribution in [0.3, 0.4) is 0 Å². The fourth-order valence-electron chi connectivity index (χ4n) is 2.81. The highest BCUT2D eigenvalue weighted by Gasteiger charge is 2.18. The monoisotopic (exact) mass is 365 g/mol. The summed E-state index contributed by atoms with van der Waals surface area (Å²) in [5.74, 6) is 1.16. The Kier molecular flexibility index (Phi) is 5.49. The molecule has 140 valence electrons. The van der Waals surface area contributed by atoms with Crippen molar-refractivity contribution in [2.45, 2.75) is 33.1 Å². The van der Waals surface area contributed by atoms with Gasteiger partial charge in [-0.15, -0.1) is 10.2 Å². The highest BCUT2D eigenvalue weighted by atomic mass is 16.5. The van der Waals surface area contributed by atoms with Crippen LogP contribution in [0.1, 0.15) is 48.3 Å². The lowest BCUT2D eigenvalue weighted by molar-refractivity contribution is 0.102. The summed E-state index contributed by atoms with van der Waals surface area (Å²) in [4.78, 5) is 12.8. The van der Waals surface area contributed by atoms with Crippen molar-refractivity contribution in [3.63, 3.8) is 0 Å². The molecule has 2 heterocycles. The molecule has 0 unspecified atom stereocenters. The number of carbonyl (C=O) groups is 1. The smallest absolute Gasteiger partial charge is 0.259 e. The average molecular weight is 365 g/mol.